The van der Waals surface area contributed by atoms with Crippen LogP contribution in [0.4, 0.5) is 4.39 Å². The summed E-state index contributed by atoms with van der Waals surface area (Å²) in [4.78, 5) is 9.33. The third-order valence-corrected chi connectivity index (χ3v) is 0.323. The molecule has 0 rings (SSSR count). The van der Waals surface area contributed by atoms with Gasteiger partial charge in [-0.15, -0.1) is 0 Å². The molecule has 6 heavy (non-hydrogen) atoms. The Labute approximate surface area is 39.9 Å². The maximum absolute atomic E-state index is 11.3. The van der Waals surface area contributed by atoms with E-state index < -0.39 is 11.6 Å². The average molecular weight is 113 g/mol. The fourth-order valence-electron chi connectivity index (χ4n) is 0. The molecule has 1 N–H and O–H groups in total. The van der Waals surface area contributed by atoms with E-state index in [4.69, 9.17) is 6.48 Å². The molecule has 0 aromatic rings. The highest BCUT2D eigenvalue weighted by Crippen LogP contribution is 1.93. The van der Waals surface area contributed by atoms with Gasteiger partial charge < -0.3 is 5.11 Å². The van der Waals surface area contributed by atoms with Crippen LogP contribution in [0.25, 0.3) is 0 Å². The van der Waals surface area contributed by atoms with Crippen LogP contribution in [0.1, 0.15) is 1.37 Å². The van der Waals surface area contributed by atoms with Gasteiger partial charge in [0.05, 0.1) is 1.37 Å². The fourth-order valence-corrected chi connectivity index (χ4v) is 0. The summed E-state index contributed by atoms with van der Waals surface area (Å²) in [6, 6.07) is 0. The van der Waals surface area contributed by atoms with Crippen molar-refractivity contribution >= 4 is 17.6 Å². The third kappa shape index (κ3) is 1.96. The summed E-state index contributed by atoms with van der Waals surface area (Å²) >= 11 is 4.27. The Morgan fingerprint density at radius 1 is 2.33 bits per heavy atom. The van der Waals surface area contributed by atoms with Crippen molar-refractivity contribution in [2.24, 2.45) is 0 Å². The molecule has 2 nitrogen and oxygen atoms in total. The number of carbonyl (C=O) groups is 1. The molecule has 0 aliphatic carbocycles. The lowest BCUT2D eigenvalue weighted by Crippen LogP contribution is -2.05. The standard InChI is InChI=1S/C2H2ClFO2/c3-1(4)2(5)6/h1H,(H,5,6)/i1D. The van der Waals surface area contributed by atoms with Crippen LogP contribution in [0.2, 0.25) is 0 Å². The minimum absolute atomic E-state index is 1.99. The lowest BCUT2D eigenvalue weighted by Gasteiger charge is -1.82. The highest BCUT2D eigenvalue weighted by molar-refractivity contribution is 6.28. The van der Waals surface area contributed by atoms with Crippen molar-refractivity contribution in [3.8, 4) is 0 Å². The SMILES string of the molecule is [2H]C(F)(Cl)C(=O)O. The van der Waals surface area contributed by atoms with E-state index in [2.05, 4.69) is 11.6 Å². The molecule has 0 heterocycles. The van der Waals surface area contributed by atoms with Gasteiger partial charge in [-0.2, -0.15) is 0 Å². The number of aliphatic carboxylic acids is 1. The van der Waals surface area contributed by atoms with E-state index in [0.717, 1.165) is 0 Å². The number of hydrogen-bond donors (Lipinski definition) is 1. The summed E-state index contributed by atoms with van der Waals surface area (Å²) in [6.45, 7) is 0. The Hall–Kier alpha value is -0.310. The Kier molecular flexibility index (Phi) is 1.27. The maximum Gasteiger partial charge on any atom is 0.354 e. The first kappa shape index (κ1) is 3.87. The fraction of sp³-hybridized carbons (Fsp3) is 0.500. The zero-order chi connectivity index (χ0) is 6.08. The lowest BCUT2D eigenvalue weighted by molar-refractivity contribution is -0.139. The van der Waals surface area contributed by atoms with Gasteiger partial charge in [0, 0.05) is 0 Å². The Balaban J connectivity index is 3.79. The largest absolute Gasteiger partial charge is 0.478 e. The minimum atomic E-state index is -3.36. The monoisotopic (exact) mass is 113 g/mol. The van der Waals surface area contributed by atoms with Crippen LogP contribution in [-0.4, -0.2) is 16.7 Å². The van der Waals surface area contributed by atoms with Crippen molar-refractivity contribution in [2.45, 2.75) is 5.61 Å². The summed E-state index contributed by atoms with van der Waals surface area (Å²) in [6.07, 6.45) is 0. The highest BCUT2D eigenvalue weighted by atomic mass is 35.5. The Morgan fingerprint density at radius 2 is 2.50 bits per heavy atom. The molecule has 0 radical (unpaired) electrons. The summed E-state index contributed by atoms with van der Waals surface area (Å²) in [5, 5.41) is 7.56. The van der Waals surface area contributed by atoms with Gasteiger partial charge in [0.1, 0.15) is 0 Å². The van der Waals surface area contributed by atoms with Crippen molar-refractivity contribution in [1.29, 1.82) is 0 Å². The van der Waals surface area contributed by atoms with Gasteiger partial charge in [0.15, 0.2) is 0 Å². The molecule has 4 heteroatoms. The number of carboxylic acid groups (broad SMARTS) is 1. The highest BCUT2D eigenvalue weighted by Gasteiger charge is 2.07. The molecule has 0 aromatic heterocycles. The summed E-state index contributed by atoms with van der Waals surface area (Å²) in [5.74, 6) is -1.99. The second-order valence-electron chi connectivity index (χ2n) is 0.566. The summed E-state index contributed by atoms with van der Waals surface area (Å²) in [5.41, 5.74) is -3.36. The van der Waals surface area contributed by atoms with Crippen LogP contribution >= 0.6 is 11.6 Å². The van der Waals surface area contributed by atoms with E-state index in [1.807, 2.05) is 0 Å². The van der Waals surface area contributed by atoms with E-state index in [9.17, 15) is 9.18 Å². The molecule has 1 unspecified atom stereocenters. The predicted octanol–water partition coefficient (Wildman–Crippen LogP) is 0.605. The van der Waals surface area contributed by atoms with Crippen LogP contribution in [0.5, 0.6) is 0 Å². The molecule has 0 saturated heterocycles. The molecule has 0 spiro atoms. The van der Waals surface area contributed by atoms with Crippen LogP contribution in [-0.2, 0) is 4.79 Å². The van der Waals surface area contributed by atoms with E-state index in [0.29, 0.717) is 0 Å². The van der Waals surface area contributed by atoms with Gasteiger partial charge in [0.2, 0.25) is 0 Å². The smallest absolute Gasteiger partial charge is 0.354 e. The minimum Gasteiger partial charge on any atom is -0.478 e. The van der Waals surface area contributed by atoms with Gasteiger partial charge in [0.25, 0.3) is 5.61 Å². The van der Waals surface area contributed by atoms with E-state index >= 15 is 0 Å². The molecule has 0 aliphatic heterocycles. The first-order valence-electron chi connectivity index (χ1n) is 1.56. The molecule has 0 bridgehead atoms. The van der Waals surface area contributed by atoms with Crippen molar-refractivity contribution < 1.29 is 15.7 Å². The predicted molar refractivity (Wildman–Crippen MR) is 18.4 cm³/mol. The third-order valence-electron chi connectivity index (χ3n) is 0.162. The Morgan fingerprint density at radius 3 is 2.50 bits per heavy atom. The molecule has 36 valence electrons. The van der Waals surface area contributed by atoms with Crippen LogP contribution < -0.4 is 0 Å². The van der Waals surface area contributed by atoms with Crippen molar-refractivity contribution in [3.05, 3.63) is 0 Å². The number of carboxylic acids is 1. The molecule has 1 atom stereocenters. The number of hydrogen-bond acceptors (Lipinski definition) is 1. The second kappa shape index (κ2) is 1.97. The van der Waals surface area contributed by atoms with Gasteiger partial charge in [-0.3, -0.25) is 0 Å². The zero-order valence-corrected chi connectivity index (χ0v) is 3.37. The van der Waals surface area contributed by atoms with Gasteiger partial charge >= 0.3 is 5.97 Å². The first-order valence-corrected chi connectivity index (χ1v) is 1.43. The topological polar surface area (TPSA) is 37.3 Å². The van der Waals surface area contributed by atoms with E-state index in [1.165, 1.54) is 0 Å². The Bertz CT molecular complexity index is 88.2. The molecule has 0 saturated carbocycles. The maximum atomic E-state index is 11.3. The summed E-state index contributed by atoms with van der Waals surface area (Å²) in [7, 11) is 0. The van der Waals surface area contributed by atoms with Crippen molar-refractivity contribution in [2.75, 3.05) is 0 Å². The lowest BCUT2D eigenvalue weighted by atomic mass is 10.8. The number of alkyl halides is 2. The van der Waals surface area contributed by atoms with E-state index in [-0.39, 0.29) is 0 Å². The molecule has 0 fully saturated rings. The van der Waals surface area contributed by atoms with Gasteiger partial charge in [-0.1, -0.05) is 11.6 Å². The summed E-state index contributed by atoms with van der Waals surface area (Å²) < 4.78 is 17.2. The van der Waals surface area contributed by atoms with Crippen LogP contribution in [0, 0.1) is 0 Å². The molecular weight excluding hydrogens is 110 g/mol. The average Bonchev–Trinajstić information content (AvgIpc) is 1.31. The normalized spacial score (nSPS) is 21.3. The first-order chi connectivity index (χ1) is 2.94. The van der Waals surface area contributed by atoms with Gasteiger partial charge in [-0.05, 0) is 0 Å². The molecule has 0 aromatic carbocycles. The van der Waals surface area contributed by atoms with Gasteiger partial charge in [-0.25, -0.2) is 9.18 Å². The van der Waals surface area contributed by atoms with E-state index in [1.54, 1.807) is 0 Å². The van der Waals surface area contributed by atoms with Crippen LogP contribution in [0.3, 0.4) is 0 Å². The zero-order valence-electron chi connectivity index (χ0n) is 3.61. The quantitative estimate of drug-likeness (QED) is 0.506. The molecule has 0 aliphatic rings. The molecular formula is C2H2ClFO2. The van der Waals surface area contributed by atoms with Crippen LogP contribution in [0.15, 0.2) is 0 Å². The van der Waals surface area contributed by atoms with Crippen molar-refractivity contribution in [1.82, 2.24) is 0 Å². The second-order valence-corrected chi connectivity index (χ2v) is 0.897. The number of halogens is 2. The number of rotatable bonds is 1. The van der Waals surface area contributed by atoms with Crippen molar-refractivity contribution in [3.63, 3.8) is 0 Å². The molecule has 0 amide bonds.